The van der Waals surface area contributed by atoms with Crippen LogP contribution in [-0.4, -0.2) is 54.5 Å². The standard InChI is InChI=1S/C22H34N2O2/c1-2-18-26-21-11-9-19(10-12-21)22(25)24-16-7-4-8-20(24)13-17-23-14-5-3-6-15-23/h9-12,20H,2-8,13-18H2,1H3/t20-/m0/s1. The van der Waals surface area contributed by atoms with Crippen molar-refractivity contribution in [2.24, 2.45) is 0 Å². The summed E-state index contributed by atoms with van der Waals surface area (Å²) in [6.07, 6.45) is 9.68. The van der Waals surface area contributed by atoms with Crippen LogP contribution in [0.15, 0.2) is 24.3 Å². The Morgan fingerprint density at radius 3 is 2.50 bits per heavy atom. The molecule has 0 spiro atoms. The molecule has 0 aromatic heterocycles. The molecule has 0 N–H and O–H groups in total. The summed E-state index contributed by atoms with van der Waals surface area (Å²) in [6.45, 7) is 7.33. The highest BCUT2D eigenvalue weighted by Gasteiger charge is 2.28. The number of hydrogen-bond donors (Lipinski definition) is 0. The Morgan fingerprint density at radius 2 is 1.77 bits per heavy atom. The van der Waals surface area contributed by atoms with E-state index >= 15 is 0 Å². The van der Waals surface area contributed by atoms with E-state index in [-0.39, 0.29) is 5.91 Å². The van der Waals surface area contributed by atoms with Crippen LogP contribution in [-0.2, 0) is 0 Å². The zero-order chi connectivity index (χ0) is 18.2. The monoisotopic (exact) mass is 358 g/mol. The van der Waals surface area contributed by atoms with Gasteiger partial charge in [0.1, 0.15) is 5.75 Å². The third-order valence-electron chi connectivity index (χ3n) is 5.69. The van der Waals surface area contributed by atoms with Gasteiger partial charge in [0, 0.05) is 24.7 Å². The fourth-order valence-corrected chi connectivity index (χ4v) is 4.16. The highest BCUT2D eigenvalue weighted by Crippen LogP contribution is 2.24. The number of piperidine rings is 2. The van der Waals surface area contributed by atoms with Gasteiger partial charge in [0.15, 0.2) is 0 Å². The Labute approximate surface area is 158 Å². The van der Waals surface area contributed by atoms with Crippen LogP contribution in [0, 0.1) is 0 Å². The van der Waals surface area contributed by atoms with Crippen molar-refractivity contribution in [1.29, 1.82) is 0 Å². The number of hydrogen-bond acceptors (Lipinski definition) is 3. The summed E-state index contributed by atoms with van der Waals surface area (Å²) in [6, 6.07) is 8.09. The zero-order valence-corrected chi connectivity index (χ0v) is 16.3. The summed E-state index contributed by atoms with van der Waals surface area (Å²) in [7, 11) is 0. The predicted molar refractivity (Wildman–Crippen MR) is 106 cm³/mol. The molecule has 1 aromatic rings. The topological polar surface area (TPSA) is 32.8 Å². The summed E-state index contributed by atoms with van der Waals surface area (Å²) in [5.74, 6) is 1.04. The van der Waals surface area contributed by atoms with Gasteiger partial charge in [0.2, 0.25) is 0 Å². The highest BCUT2D eigenvalue weighted by atomic mass is 16.5. The Bertz CT molecular complexity index is 552. The molecule has 1 amide bonds. The maximum Gasteiger partial charge on any atom is 0.254 e. The fourth-order valence-electron chi connectivity index (χ4n) is 4.16. The minimum absolute atomic E-state index is 0.190. The van der Waals surface area contributed by atoms with Crippen LogP contribution in [0.3, 0.4) is 0 Å². The van der Waals surface area contributed by atoms with Gasteiger partial charge in [-0.15, -0.1) is 0 Å². The van der Waals surface area contributed by atoms with E-state index in [0.717, 1.165) is 56.7 Å². The summed E-state index contributed by atoms with van der Waals surface area (Å²) >= 11 is 0. The van der Waals surface area contributed by atoms with Crippen molar-refractivity contribution in [1.82, 2.24) is 9.80 Å². The molecule has 1 aromatic carbocycles. The first-order chi connectivity index (χ1) is 12.8. The number of amides is 1. The number of nitrogens with zero attached hydrogens (tertiary/aromatic N) is 2. The molecular weight excluding hydrogens is 324 g/mol. The van der Waals surface area contributed by atoms with Gasteiger partial charge in [-0.25, -0.2) is 0 Å². The fraction of sp³-hybridized carbons (Fsp3) is 0.682. The SMILES string of the molecule is CCCOc1ccc(C(=O)N2CCCC[C@H]2CCN2CCCCC2)cc1. The van der Waals surface area contributed by atoms with Crippen molar-refractivity contribution in [2.45, 2.75) is 64.3 Å². The number of likely N-dealkylation sites (tertiary alicyclic amines) is 2. The second kappa shape index (κ2) is 9.96. The Morgan fingerprint density at radius 1 is 1.04 bits per heavy atom. The van der Waals surface area contributed by atoms with Crippen LogP contribution in [0.1, 0.15) is 68.6 Å². The lowest BCUT2D eigenvalue weighted by molar-refractivity contribution is 0.0579. The molecule has 26 heavy (non-hydrogen) atoms. The van der Waals surface area contributed by atoms with Crippen molar-refractivity contribution in [3.63, 3.8) is 0 Å². The number of rotatable bonds is 7. The van der Waals surface area contributed by atoms with Crippen molar-refractivity contribution >= 4 is 5.91 Å². The zero-order valence-electron chi connectivity index (χ0n) is 16.3. The predicted octanol–water partition coefficient (Wildman–Crippen LogP) is 4.35. The Balaban J connectivity index is 1.58. The van der Waals surface area contributed by atoms with Crippen LogP contribution >= 0.6 is 0 Å². The maximum atomic E-state index is 13.1. The van der Waals surface area contributed by atoms with Crippen LogP contribution in [0.2, 0.25) is 0 Å². The van der Waals surface area contributed by atoms with Gasteiger partial charge in [-0.3, -0.25) is 4.79 Å². The third kappa shape index (κ3) is 5.23. The summed E-state index contributed by atoms with van der Waals surface area (Å²) in [5.41, 5.74) is 0.790. The van der Waals surface area contributed by atoms with Crippen LogP contribution < -0.4 is 4.74 Å². The van der Waals surface area contributed by atoms with Gasteiger partial charge < -0.3 is 14.5 Å². The number of benzene rings is 1. The van der Waals surface area contributed by atoms with E-state index in [9.17, 15) is 4.79 Å². The molecule has 2 aliphatic rings. The van der Waals surface area contributed by atoms with E-state index < -0.39 is 0 Å². The molecule has 0 radical (unpaired) electrons. The van der Waals surface area contributed by atoms with Gasteiger partial charge >= 0.3 is 0 Å². The minimum Gasteiger partial charge on any atom is -0.494 e. The van der Waals surface area contributed by atoms with E-state index in [4.69, 9.17) is 4.74 Å². The molecule has 144 valence electrons. The molecule has 2 aliphatic heterocycles. The van der Waals surface area contributed by atoms with Gasteiger partial charge in [-0.05, 0) is 82.3 Å². The maximum absolute atomic E-state index is 13.1. The van der Waals surface area contributed by atoms with Crippen LogP contribution in [0.5, 0.6) is 5.75 Å². The van der Waals surface area contributed by atoms with Gasteiger partial charge in [-0.1, -0.05) is 13.3 Å². The summed E-state index contributed by atoms with van der Waals surface area (Å²) < 4.78 is 5.63. The average molecular weight is 359 g/mol. The van der Waals surface area contributed by atoms with E-state index in [1.165, 1.54) is 38.8 Å². The van der Waals surface area contributed by atoms with E-state index in [1.807, 2.05) is 24.3 Å². The van der Waals surface area contributed by atoms with Crippen molar-refractivity contribution < 1.29 is 9.53 Å². The summed E-state index contributed by atoms with van der Waals surface area (Å²) in [5, 5.41) is 0. The lowest BCUT2D eigenvalue weighted by atomic mass is 9.97. The molecule has 0 unspecified atom stereocenters. The summed E-state index contributed by atoms with van der Waals surface area (Å²) in [4.78, 5) is 17.8. The van der Waals surface area contributed by atoms with Gasteiger partial charge in [0.05, 0.1) is 6.61 Å². The first-order valence-corrected chi connectivity index (χ1v) is 10.5. The Hall–Kier alpha value is -1.55. The second-order valence-electron chi connectivity index (χ2n) is 7.71. The average Bonchev–Trinajstić information content (AvgIpc) is 2.71. The number of carbonyl (C=O) groups is 1. The van der Waals surface area contributed by atoms with E-state index in [2.05, 4.69) is 16.7 Å². The molecule has 2 saturated heterocycles. The normalized spacial score (nSPS) is 21.6. The van der Waals surface area contributed by atoms with E-state index in [0.29, 0.717) is 6.04 Å². The molecule has 0 aliphatic carbocycles. The number of carbonyl (C=O) groups excluding carboxylic acids is 1. The lowest BCUT2D eigenvalue weighted by Gasteiger charge is -2.37. The smallest absolute Gasteiger partial charge is 0.254 e. The number of ether oxygens (including phenoxy) is 1. The molecule has 2 fully saturated rings. The van der Waals surface area contributed by atoms with Gasteiger partial charge in [0.25, 0.3) is 5.91 Å². The molecular formula is C22H34N2O2. The van der Waals surface area contributed by atoms with E-state index in [1.54, 1.807) is 0 Å². The molecule has 2 heterocycles. The molecule has 3 rings (SSSR count). The first kappa shape index (κ1) is 19.2. The molecule has 4 heteroatoms. The molecule has 4 nitrogen and oxygen atoms in total. The molecule has 0 bridgehead atoms. The molecule has 0 saturated carbocycles. The quantitative estimate of drug-likeness (QED) is 0.726. The molecule has 1 atom stereocenters. The highest BCUT2D eigenvalue weighted by molar-refractivity contribution is 5.94. The lowest BCUT2D eigenvalue weighted by Crippen LogP contribution is -2.45. The largest absolute Gasteiger partial charge is 0.494 e. The van der Waals surface area contributed by atoms with Crippen molar-refractivity contribution in [2.75, 3.05) is 32.8 Å². The Kier molecular flexibility index (Phi) is 7.36. The van der Waals surface area contributed by atoms with Crippen LogP contribution in [0.25, 0.3) is 0 Å². The first-order valence-electron chi connectivity index (χ1n) is 10.5. The third-order valence-corrected chi connectivity index (χ3v) is 5.69. The van der Waals surface area contributed by atoms with Gasteiger partial charge in [-0.2, -0.15) is 0 Å². The second-order valence-corrected chi connectivity index (χ2v) is 7.71. The van der Waals surface area contributed by atoms with Crippen LogP contribution in [0.4, 0.5) is 0 Å². The minimum atomic E-state index is 0.190. The van der Waals surface area contributed by atoms with Crippen molar-refractivity contribution in [3.8, 4) is 5.75 Å². The van der Waals surface area contributed by atoms with Crippen molar-refractivity contribution in [3.05, 3.63) is 29.8 Å².